The van der Waals surface area contributed by atoms with Crippen molar-refractivity contribution >= 4 is 29.5 Å². The van der Waals surface area contributed by atoms with Crippen molar-refractivity contribution in [3.63, 3.8) is 0 Å². The molecule has 4 aliphatic rings. The second kappa shape index (κ2) is 10.3. The number of carbonyl (C=O) groups excluding carboxylic acids is 3. The van der Waals surface area contributed by atoms with E-state index in [1.165, 1.54) is 0 Å². The molecule has 0 aromatic heterocycles. The molecule has 0 bridgehead atoms. The zero-order chi connectivity index (χ0) is 27.1. The number of rotatable bonds is 6. The highest BCUT2D eigenvalue weighted by atomic mass is 32.2. The Morgan fingerprint density at radius 1 is 0.872 bits per heavy atom. The second-order valence-electron chi connectivity index (χ2n) is 10.9. The summed E-state index contributed by atoms with van der Waals surface area (Å²) in [6.45, 7) is 3.31. The van der Waals surface area contributed by atoms with Gasteiger partial charge in [0.25, 0.3) is 0 Å². The van der Waals surface area contributed by atoms with Crippen molar-refractivity contribution < 1.29 is 19.5 Å². The maximum absolute atomic E-state index is 14.3. The monoisotopic (exact) mass is 543 g/mol. The normalized spacial score (nSPS) is 30.6. The van der Waals surface area contributed by atoms with Gasteiger partial charge in [0.2, 0.25) is 17.7 Å². The lowest BCUT2D eigenvalue weighted by Crippen LogP contribution is -2.55. The van der Waals surface area contributed by atoms with Gasteiger partial charge in [-0.3, -0.25) is 14.4 Å². The van der Waals surface area contributed by atoms with Crippen LogP contribution >= 0.6 is 11.8 Å². The molecule has 1 spiro atoms. The first-order chi connectivity index (χ1) is 18.9. The van der Waals surface area contributed by atoms with Crippen molar-refractivity contribution in [2.75, 3.05) is 19.7 Å². The molecule has 4 aliphatic heterocycles. The predicted octanol–water partition coefficient (Wildman–Crippen LogP) is 2.86. The van der Waals surface area contributed by atoms with E-state index in [0.29, 0.717) is 26.2 Å². The number of likely N-dealkylation sites (tertiary alicyclic amines) is 1. The van der Waals surface area contributed by atoms with Gasteiger partial charge >= 0.3 is 0 Å². The molecule has 7 nitrogen and oxygen atoms in total. The molecule has 0 radical (unpaired) electrons. The number of amides is 3. The summed E-state index contributed by atoms with van der Waals surface area (Å²) in [4.78, 5) is 47.9. The van der Waals surface area contributed by atoms with E-state index in [0.717, 1.165) is 11.1 Å². The molecule has 3 amide bonds. The second-order valence-corrected chi connectivity index (χ2v) is 12.3. The van der Waals surface area contributed by atoms with Gasteiger partial charge in [0.15, 0.2) is 0 Å². The smallest absolute Gasteiger partial charge is 0.247 e. The van der Waals surface area contributed by atoms with Gasteiger partial charge in [0.05, 0.1) is 29.2 Å². The van der Waals surface area contributed by atoms with E-state index in [1.807, 2.05) is 83.8 Å². The average molecular weight is 544 g/mol. The minimum absolute atomic E-state index is 0.0555. The number of thioether (sulfide) groups is 1. The van der Waals surface area contributed by atoms with Gasteiger partial charge < -0.3 is 19.8 Å². The molecule has 4 heterocycles. The van der Waals surface area contributed by atoms with E-state index in [-0.39, 0.29) is 29.6 Å². The molecule has 6 rings (SSSR count). The molecule has 8 heteroatoms. The van der Waals surface area contributed by atoms with Crippen LogP contribution in [0.3, 0.4) is 0 Å². The molecule has 2 aromatic rings. The van der Waals surface area contributed by atoms with Gasteiger partial charge in [0.1, 0.15) is 6.04 Å². The molecule has 1 unspecified atom stereocenters. The summed E-state index contributed by atoms with van der Waals surface area (Å²) in [6, 6.07) is 18.3. The standard InChI is InChI=1S/C31H33N3O4S/c1-21(20-35)34-27-30(38)33(19-23-12-6-3-7-13-23)17-9-15-31(27)26(29(34)37)25-24(39-31)14-8-16-32(28(25)36)18-22-10-4-2-5-11-22/h2-15,21,24-27,35H,16-20H2,1H3/t21-,24+,25-,26+,27?,31+/m1/s1. The van der Waals surface area contributed by atoms with Crippen LogP contribution < -0.4 is 0 Å². The van der Waals surface area contributed by atoms with Gasteiger partial charge in [-0.15, -0.1) is 11.8 Å². The molecule has 39 heavy (non-hydrogen) atoms. The number of fused-ring (bicyclic) bond motifs is 2. The molecular weight excluding hydrogens is 510 g/mol. The number of aliphatic hydroxyl groups excluding tert-OH is 1. The summed E-state index contributed by atoms with van der Waals surface area (Å²) in [5.41, 5.74) is 2.04. The zero-order valence-corrected chi connectivity index (χ0v) is 22.7. The number of carbonyl (C=O) groups is 3. The van der Waals surface area contributed by atoms with Crippen LogP contribution in [-0.4, -0.2) is 79.3 Å². The van der Waals surface area contributed by atoms with Crippen molar-refractivity contribution in [2.24, 2.45) is 11.8 Å². The highest BCUT2D eigenvalue weighted by Crippen LogP contribution is 2.61. The molecule has 2 aromatic carbocycles. The Labute approximate surface area is 233 Å². The van der Waals surface area contributed by atoms with Crippen molar-refractivity contribution in [2.45, 2.75) is 42.1 Å². The Morgan fingerprint density at radius 3 is 2.08 bits per heavy atom. The number of benzene rings is 2. The lowest BCUT2D eigenvalue weighted by Gasteiger charge is -2.37. The highest BCUT2D eigenvalue weighted by Gasteiger charge is 2.71. The number of hydrogen-bond acceptors (Lipinski definition) is 5. The average Bonchev–Trinajstić information content (AvgIpc) is 3.29. The summed E-state index contributed by atoms with van der Waals surface area (Å²) in [5, 5.41) is 9.92. The first-order valence-electron chi connectivity index (χ1n) is 13.5. The summed E-state index contributed by atoms with van der Waals surface area (Å²) in [5.74, 6) is -1.68. The molecule has 0 saturated carbocycles. The summed E-state index contributed by atoms with van der Waals surface area (Å²) in [6.07, 6.45) is 8.09. The summed E-state index contributed by atoms with van der Waals surface area (Å²) >= 11 is 1.57. The third kappa shape index (κ3) is 4.30. The van der Waals surface area contributed by atoms with E-state index in [2.05, 4.69) is 6.08 Å². The van der Waals surface area contributed by atoms with Crippen molar-refractivity contribution in [3.05, 3.63) is 96.1 Å². The van der Waals surface area contributed by atoms with E-state index in [4.69, 9.17) is 0 Å². The summed E-state index contributed by atoms with van der Waals surface area (Å²) < 4.78 is -0.881. The van der Waals surface area contributed by atoms with Gasteiger partial charge in [-0.1, -0.05) is 85.0 Å². The lowest BCUT2D eigenvalue weighted by molar-refractivity contribution is -0.146. The minimum atomic E-state index is -0.881. The number of hydrogen-bond donors (Lipinski definition) is 1. The SMILES string of the molecule is C[C@H](CO)N1C(=O)[C@@H]2[C@@H]3C(=O)N(Cc4ccccc4)CC=C[C@@H]3S[C@@]23C=CCN(Cc2ccccc2)C(=O)C13. The van der Waals surface area contributed by atoms with E-state index < -0.39 is 28.7 Å². The van der Waals surface area contributed by atoms with Crippen LogP contribution in [0.5, 0.6) is 0 Å². The molecule has 0 aliphatic carbocycles. The Balaban J connectivity index is 1.38. The molecule has 6 atom stereocenters. The van der Waals surface area contributed by atoms with Crippen LogP contribution in [0.25, 0.3) is 0 Å². The fraction of sp³-hybridized carbons (Fsp3) is 0.387. The van der Waals surface area contributed by atoms with E-state index in [9.17, 15) is 19.5 Å². The molecule has 2 saturated heterocycles. The largest absolute Gasteiger partial charge is 0.394 e. The first kappa shape index (κ1) is 25.9. The lowest BCUT2D eigenvalue weighted by atomic mass is 9.78. The Morgan fingerprint density at radius 2 is 1.46 bits per heavy atom. The van der Waals surface area contributed by atoms with Crippen LogP contribution in [0, 0.1) is 11.8 Å². The number of nitrogens with zero attached hydrogens (tertiary/aromatic N) is 3. The number of aliphatic hydroxyl groups is 1. The quantitative estimate of drug-likeness (QED) is 0.567. The third-order valence-corrected chi connectivity index (χ3v) is 10.2. The van der Waals surface area contributed by atoms with Gasteiger partial charge in [-0.25, -0.2) is 0 Å². The van der Waals surface area contributed by atoms with Crippen molar-refractivity contribution in [1.82, 2.24) is 14.7 Å². The molecular formula is C31H33N3O4S. The van der Waals surface area contributed by atoms with Gasteiger partial charge in [-0.05, 0) is 18.1 Å². The highest BCUT2D eigenvalue weighted by molar-refractivity contribution is 8.02. The van der Waals surface area contributed by atoms with Crippen LogP contribution in [0.4, 0.5) is 0 Å². The maximum Gasteiger partial charge on any atom is 0.247 e. The van der Waals surface area contributed by atoms with Gasteiger partial charge in [0, 0.05) is 31.4 Å². The van der Waals surface area contributed by atoms with Crippen LogP contribution in [0.2, 0.25) is 0 Å². The van der Waals surface area contributed by atoms with Crippen molar-refractivity contribution in [1.29, 1.82) is 0 Å². The molecule has 202 valence electrons. The van der Waals surface area contributed by atoms with Gasteiger partial charge in [-0.2, -0.15) is 0 Å². The first-order valence-corrected chi connectivity index (χ1v) is 14.4. The maximum atomic E-state index is 14.3. The molecule has 2 fully saturated rings. The van der Waals surface area contributed by atoms with Crippen molar-refractivity contribution in [3.8, 4) is 0 Å². The predicted molar refractivity (Wildman–Crippen MR) is 150 cm³/mol. The topological polar surface area (TPSA) is 81.2 Å². The van der Waals surface area contributed by atoms with E-state index >= 15 is 0 Å². The summed E-state index contributed by atoms with van der Waals surface area (Å²) in [7, 11) is 0. The third-order valence-electron chi connectivity index (χ3n) is 8.44. The van der Waals surface area contributed by atoms with Crippen LogP contribution in [0.15, 0.2) is 85.0 Å². The van der Waals surface area contributed by atoms with Crippen LogP contribution in [0.1, 0.15) is 18.1 Å². The fourth-order valence-electron chi connectivity index (χ4n) is 6.63. The molecule has 1 N–H and O–H groups in total. The Hall–Kier alpha value is -3.36. The van der Waals surface area contributed by atoms with Crippen LogP contribution in [-0.2, 0) is 27.5 Å². The fourth-order valence-corrected chi connectivity index (χ4v) is 8.62. The zero-order valence-electron chi connectivity index (χ0n) is 21.9. The Kier molecular flexibility index (Phi) is 6.85. The van der Waals surface area contributed by atoms with E-state index in [1.54, 1.807) is 28.5 Å². The Bertz CT molecular complexity index is 1320. The minimum Gasteiger partial charge on any atom is -0.394 e.